The molecule has 1 aromatic rings. The standard InChI is InChI=1S/C23H30BrN3O5S/c1-4-9-25-20(29)16-17-22(31)27(12(2)11-28)19(23(17)10-15(24)18(16)33-23)21(30)26-13-5-7-14(32-3)8-6-13/h5-8,12,15-19,28H,4,9-11H2,1-3H3,(H,25,29)(H,26,30)/t12-,15?,16-,17+,18-,19?,23?/m1/s1. The second-order valence-corrected chi connectivity index (χ2v) is 11.7. The fourth-order valence-corrected chi connectivity index (χ4v) is 9.08. The van der Waals surface area contributed by atoms with Crippen LogP contribution >= 0.6 is 27.7 Å². The van der Waals surface area contributed by atoms with Gasteiger partial charge in [0, 0.05) is 22.3 Å². The predicted octanol–water partition coefficient (Wildman–Crippen LogP) is 2.01. The number of rotatable bonds is 8. The van der Waals surface area contributed by atoms with Crippen LogP contribution < -0.4 is 15.4 Å². The number of methoxy groups -OCH3 is 1. The number of benzene rings is 1. The van der Waals surface area contributed by atoms with E-state index in [9.17, 15) is 19.5 Å². The number of ether oxygens (including phenoxy) is 1. The van der Waals surface area contributed by atoms with Gasteiger partial charge in [-0.3, -0.25) is 14.4 Å². The molecule has 0 radical (unpaired) electrons. The number of nitrogens with zero attached hydrogens (tertiary/aromatic N) is 1. The Kier molecular flexibility index (Phi) is 6.98. The van der Waals surface area contributed by atoms with Crippen molar-refractivity contribution in [2.75, 3.05) is 25.6 Å². The van der Waals surface area contributed by atoms with Gasteiger partial charge in [0.2, 0.25) is 17.7 Å². The first-order valence-electron chi connectivity index (χ1n) is 11.3. The topological polar surface area (TPSA) is 108 Å². The van der Waals surface area contributed by atoms with E-state index in [4.69, 9.17) is 4.74 Å². The second kappa shape index (κ2) is 9.46. The highest BCUT2D eigenvalue weighted by Gasteiger charge is 2.75. The Balaban J connectivity index is 1.69. The summed E-state index contributed by atoms with van der Waals surface area (Å²) < 4.78 is 4.45. The zero-order chi connectivity index (χ0) is 23.9. The molecule has 3 saturated heterocycles. The molecule has 3 amide bonds. The van der Waals surface area contributed by atoms with Gasteiger partial charge in [0.05, 0.1) is 36.3 Å². The van der Waals surface area contributed by atoms with Crippen molar-refractivity contribution < 1.29 is 24.2 Å². The Morgan fingerprint density at radius 3 is 2.64 bits per heavy atom. The van der Waals surface area contributed by atoms with Crippen LogP contribution in [0.25, 0.3) is 0 Å². The molecule has 0 aromatic heterocycles. The predicted molar refractivity (Wildman–Crippen MR) is 131 cm³/mol. The van der Waals surface area contributed by atoms with Crippen LogP contribution in [0.15, 0.2) is 24.3 Å². The molecule has 3 heterocycles. The van der Waals surface area contributed by atoms with E-state index >= 15 is 0 Å². The third-order valence-electron chi connectivity index (χ3n) is 6.92. The van der Waals surface area contributed by atoms with Crippen molar-refractivity contribution in [1.29, 1.82) is 0 Å². The number of fused-ring (bicyclic) bond motifs is 1. The highest BCUT2D eigenvalue weighted by Crippen LogP contribution is 2.68. The maximum atomic E-state index is 13.7. The molecule has 7 atom stereocenters. The molecular weight excluding hydrogens is 510 g/mol. The van der Waals surface area contributed by atoms with Crippen LogP contribution in [-0.4, -0.2) is 74.9 Å². The number of aliphatic hydroxyl groups excluding tert-OH is 1. The van der Waals surface area contributed by atoms with Gasteiger partial charge >= 0.3 is 0 Å². The van der Waals surface area contributed by atoms with Crippen LogP contribution in [0.5, 0.6) is 5.75 Å². The van der Waals surface area contributed by atoms with Crippen LogP contribution in [0.1, 0.15) is 26.7 Å². The third-order valence-corrected chi connectivity index (χ3v) is 10.1. The minimum Gasteiger partial charge on any atom is -0.497 e. The van der Waals surface area contributed by atoms with E-state index in [-0.39, 0.29) is 34.4 Å². The van der Waals surface area contributed by atoms with Crippen LogP contribution in [0.4, 0.5) is 5.69 Å². The highest BCUT2D eigenvalue weighted by atomic mass is 79.9. The minimum absolute atomic E-state index is 0.0181. The molecule has 3 unspecified atom stereocenters. The number of carbonyl (C=O) groups excluding carboxylic acids is 3. The SMILES string of the molecule is CCCNC(=O)[C@H]1[C@@H]2SC3(CC2Br)C(C(=O)Nc2ccc(OC)cc2)N([C@H](C)CO)C(=O)[C@H]13. The van der Waals surface area contributed by atoms with Gasteiger partial charge in [0.15, 0.2) is 0 Å². The number of nitrogens with one attached hydrogen (secondary N) is 2. The van der Waals surface area contributed by atoms with Crippen LogP contribution in [0.3, 0.4) is 0 Å². The van der Waals surface area contributed by atoms with Crippen LogP contribution in [0.2, 0.25) is 0 Å². The molecule has 1 spiro atoms. The third kappa shape index (κ3) is 3.93. The number of hydrogen-bond donors (Lipinski definition) is 3. The van der Waals surface area contributed by atoms with Crippen molar-refractivity contribution in [1.82, 2.24) is 10.2 Å². The maximum Gasteiger partial charge on any atom is 0.248 e. The summed E-state index contributed by atoms with van der Waals surface area (Å²) in [5.74, 6) is -1.10. The number of aliphatic hydroxyl groups is 1. The number of hydrogen-bond acceptors (Lipinski definition) is 6. The molecule has 3 aliphatic heterocycles. The summed E-state index contributed by atoms with van der Waals surface area (Å²) in [6.45, 7) is 4.00. The summed E-state index contributed by atoms with van der Waals surface area (Å²) in [4.78, 5) is 42.1. The van der Waals surface area contributed by atoms with E-state index in [1.807, 2.05) is 6.92 Å². The molecule has 8 nitrogen and oxygen atoms in total. The summed E-state index contributed by atoms with van der Waals surface area (Å²) in [6.07, 6.45) is 1.41. The van der Waals surface area contributed by atoms with Crippen LogP contribution in [-0.2, 0) is 14.4 Å². The van der Waals surface area contributed by atoms with E-state index in [1.165, 1.54) is 4.90 Å². The van der Waals surface area contributed by atoms with Crippen molar-refractivity contribution in [3.8, 4) is 5.75 Å². The van der Waals surface area contributed by atoms with Gasteiger partial charge in [-0.2, -0.15) is 0 Å². The largest absolute Gasteiger partial charge is 0.497 e. The Morgan fingerprint density at radius 2 is 2.03 bits per heavy atom. The monoisotopic (exact) mass is 539 g/mol. The molecule has 3 aliphatic rings. The number of halogens is 1. The lowest BCUT2D eigenvalue weighted by molar-refractivity contribution is -0.141. The van der Waals surface area contributed by atoms with Gasteiger partial charge in [0.1, 0.15) is 11.8 Å². The lowest BCUT2D eigenvalue weighted by Crippen LogP contribution is -2.55. The molecule has 180 valence electrons. The van der Waals surface area contributed by atoms with E-state index in [1.54, 1.807) is 50.1 Å². The average molecular weight is 540 g/mol. The number of amides is 3. The molecule has 1 aromatic carbocycles. The van der Waals surface area contributed by atoms with Crippen molar-refractivity contribution in [3.63, 3.8) is 0 Å². The number of carbonyl (C=O) groups is 3. The van der Waals surface area contributed by atoms with Gasteiger partial charge in [-0.15, -0.1) is 11.8 Å². The lowest BCUT2D eigenvalue weighted by Gasteiger charge is -2.36. The molecule has 4 rings (SSSR count). The summed E-state index contributed by atoms with van der Waals surface area (Å²) in [5.41, 5.74) is 0.592. The summed E-state index contributed by atoms with van der Waals surface area (Å²) >= 11 is 5.31. The Hall–Kier alpha value is -1.78. The normalized spacial score (nSPS) is 33.1. The van der Waals surface area contributed by atoms with Crippen molar-refractivity contribution in [2.45, 2.75) is 53.6 Å². The van der Waals surface area contributed by atoms with E-state index in [2.05, 4.69) is 26.6 Å². The number of anilines is 1. The molecule has 33 heavy (non-hydrogen) atoms. The van der Waals surface area contributed by atoms with Crippen molar-refractivity contribution in [3.05, 3.63) is 24.3 Å². The molecule has 3 fully saturated rings. The highest BCUT2D eigenvalue weighted by molar-refractivity contribution is 9.09. The maximum absolute atomic E-state index is 13.7. The fourth-order valence-electron chi connectivity index (χ4n) is 5.48. The number of likely N-dealkylation sites (tertiary alicyclic amines) is 1. The summed E-state index contributed by atoms with van der Waals surface area (Å²) in [7, 11) is 1.57. The van der Waals surface area contributed by atoms with Gasteiger partial charge in [-0.05, 0) is 44.0 Å². The summed E-state index contributed by atoms with van der Waals surface area (Å²) in [5, 5.41) is 15.7. The van der Waals surface area contributed by atoms with E-state index in [0.717, 1.165) is 6.42 Å². The number of thioether (sulfide) groups is 1. The van der Waals surface area contributed by atoms with Gasteiger partial charge in [0.25, 0.3) is 0 Å². The number of alkyl halides is 1. The van der Waals surface area contributed by atoms with Gasteiger partial charge in [-0.25, -0.2) is 0 Å². The Morgan fingerprint density at radius 1 is 1.33 bits per heavy atom. The molecule has 0 aliphatic carbocycles. The van der Waals surface area contributed by atoms with E-state index in [0.29, 0.717) is 24.4 Å². The zero-order valence-corrected chi connectivity index (χ0v) is 21.3. The van der Waals surface area contributed by atoms with E-state index < -0.39 is 28.7 Å². The average Bonchev–Trinajstić information content (AvgIpc) is 3.40. The summed E-state index contributed by atoms with van der Waals surface area (Å²) in [6, 6.07) is 5.66. The van der Waals surface area contributed by atoms with Crippen molar-refractivity contribution >= 4 is 51.1 Å². The fraction of sp³-hybridized carbons (Fsp3) is 0.609. The Labute approximate surface area is 206 Å². The second-order valence-electron chi connectivity index (χ2n) is 8.95. The molecule has 3 N–H and O–H groups in total. The molecule has 2 bridgehead atoms. The molecule has 10 heteroatoms. The first-order valence-corrected chi connectivity index (χ1v) is 13.1. The zero-order valence-electron chi connectivity index (χ0n) is 18.9. The first kappa shape index (κ1) is 24.3. The molecular formula is C23H30BrN3O5S. The first-order chi connectivity index (χ1) is 15.8. The Bertz CT molecular complexity index is 931. The van der Waals surface area contributed by atoms with Crippen LogP contribution in [0, 0.1) is 11.8 Å². The van der Waals surface area contributed by atoms with Gasteiger partial charge in [-0.1, -0.05) is 22.9 Å². The quantitative estimate of drug-likeness (QED) is 0.436. The van der Waals surface area contributed by atoms with Gasteiger partial charge < -0.3 is 25.4 Å². The minimum atomic E-state index is -0.793. The van der Waals surface area contributed by atoms with Crippen molar-refractivity contribution in [2.24, 2.45) is 11.8 Å². The smallest absolute Gasteiger partial charge is 0.248 e. The molecule has 0 saturated carbocycles. The lowest BCUT2D eigenvalue weighted by atomic mass is 9.70.